The molecule has 0 aromatic carbocycles. The summed E-state index contributed by atoms with van der Waals surface area (Å²) in [6.45, 7) is 9.18. The Labute approximate surface area is 129 Å². The molecule has 0 spiro atoms. The Hall–Kier alpha value is -0.320. The monoisotopic (exact) mass is 306 g/mol. The molecule has 1 aliphatic heterocycles. The van der Waals surface area contributed by atoms with E-state index in [-0.39, 0.29) is 29.8 Å². The maximum absolute atomic E-state index is 11.9. The van der Waals surface area contributed by atoms with Gasteiger partial charge in [0.15, 0.2) is 0 Å². The van der Waals surface area contributed by atoms with Gasteiger partial charge in [-0.05, 0) is 43.7 Å². The second-order valence-corrected chi connectivity index (χ2v) is 6.63. The van der Waals surface area contributed by atoms with Crippen molar-refractivity contribution in [3.05, 3.63) is 0 Å². The van der Waals surface area contributed by atoms with E-state index < -0.39 is 0 Å². The summed E-state index contributed by atoms with van der Waals surface area (Å²) in [5.74, 6) is 0.873. The van der Waals surface area contributed by atoms with E-state index >= 15 is 0 Å². The summed E-state index contributed by atoms with van der Waals surface area (Å²) >= 11 is 0. The molecule has 1 fully saturated rings. The zero-order valence-electron chi connectivity index (χ0n) is 13.3. The summed E-state index contributed by atoms with van der Waals surface area (Å²) < 4.78 is 5.44. The third kappa shape index (κ3) is 7.46. The molecular weight excluding hydrogens is 276 g/mol. The molecule has 0 aromatic heterocycles. The molecule has 1 heterocycles. The molecule has 1 unspecified atom stereocenters. The van der Waals surface area contributed by atoms with Gasteiger partial charge in [0.1, 0.15) is 0 Å². The minimum Gasteiger partial charge on any atom is -0.379 e. The molecule has 1 atom stereocenters. The van der Waals surface area contributed by atoms with Crippen LogP contribution in [0.4, 0.5) is 0 Å². The number of piperidine rings is 1. The minimum absolute atomic E-state index is 0. The number of ether oxygens (including phenoxy) is 1. The number of methoxy groups -OCH3 is 1. The number of nitrogens with one attached hydrogen (secondary N) is 2. The van der Waals surface area contributed by atoms with Gasteiger partial charge in [-0.1, -0.05) is 20.8 Å². The molecule has 5 heteroatoms. The Bertz CT molecular complexity index is 274. The van der Waals surface area contributed by atoms with E-state index in [4.69, 9.17) is 4.74 Å². The van der Waals surface area contributed by atoms with E-state index in [2.05, 4.69) is 31.4 Å². The van der Waals surface area contributed by atoms with E-state index in [0.717, 1.165) is 19.5 Å². The van der Waals surface area contributed by atoms with Crippen LogP contribution in [-0.4, -0.2) is 38.8 Å². The van der Waals surface area contributed by atoms with Crippen molar-refractivity contribution in [2.24, 2.45) is 11.3 Å². The fraction of sp³-hybridized carbons (Fsp3) is 0.933. The maximum Gasteiger partial charge on any atom is 0.220 e. The van der Waals surface area contributed by atoms with E-state index in [1.54, 1.807) is 7.11 Å². The lowest BCUT2D eigenvalue weighted by molar-refractivity contribution is -0.122. The Balaban J connectivity index is 0.00000361. The molecule has 2 N–H and O–H groups in total. The lowest BCUT2D eigenvalue weighted by Gasteiger charge is -2.29. The predicted molar refractivity (Wildman–Crippen MR) is 85.3 cm³/mol. The zero-order valence-corrected chi connectivity index (χ0v) is 14.1. The van der Waals surface area contributed by atoms with Crippen LogP contribution in [0.15, 0.2) is 0 Å². The average Bonchev–Trinajstić information content (AvgIpc) is 2.36. The summed E-state index contributed by atoms with van der Waals surface area (Å²) in [7, 11) is 1.71. The van der Waals surface area contributed by atoms with Crippen molar-refractivity contribution in [3.8, 4) is 0 Å². The van der Waals surface area contributed by atoms with Gasteiger partial charge in [-0.15, -0.1) is 12.4 Å². The molecule has 0 bridgehead atoms. The second kappa shape index (κ2) is 9.59. The van der Waals surface area contributed by atoms with Gasteiger partial charge in [0.2, 0.25) is 5.91 Å². The van der Waals surface area contributed by atoms with Gasteiger partial charge in [-0.25, -0.2) is 0 Å². The van der Waals surface area contributed by atoms with E-state index in [0.29, 0.717) is 18.9 Å². The highest BCUT2D eigenvalue weighted by atomic mass is 35.5. The Morgan fingerprint density at radius 3 is 2.45 bits per heavy atom. The molecule has 20 heavy (non-hydrogen) atoms. The van der Waals surface area contributed by atoms with Crippen LogP contribution >= 0.6 is 12.4 Å². The lowest BCUT2D eigenvalue weighted by Crippen LogP contribution is -2.40. The van der Waals surface area contributed by atoms with Crippen LogP contribution in [0.5, 0.6) is 0 Å². The van der Waals surface area contributed by atoms with Crippen LogP contribution in [-0.2, 0) is 9.53 Å². The Morgan fingerprint density at radius 2 is 1.95 bits per heavy atom. The topological polar surface area (TPSA) is 50.4 Å². The second-order valence-electron chi connectivity index (χ2n) is 6.63. The largest absolute Gasteiger partial charge is 0.379 e. The van der Waals surface area contributed by atoms with Crippen molar-refractivity contribution in [3.63, 3.8) is 0 Å². The highest BCUT2D eigenvalue weighted by molar-refractivity contribution is 5.85. The number of carbonyl (C=O) groups is 1. The molecular formula is C15H31ClN2O2. The van der Waals surface area contributed by atoms with Crippen LogP contribution < -0.4 is 10.6 Å². The van der Waals surface area contributed by atoms with Gasteiger partial charge in [-0.3, -0.25) is 4.79 Å². The summed E-state index contributed by atoms with van der Waals surface area (Å²) in [5.41, 5.74) is 0.0526. The minimum atomic E-state index is 0. The maximum atomic E-state index is 11.9. The SMILES string of the molecule is COC(CNC(=O)CCC1CCNCC1)C(C)(C)C.Cl. The first-order valence-corrected chi connectivity index (χ1v) is 7.43. The van der Waals surface area contributed by atoms with Crippen molar-refractivity contribution < 1.29 is 9.53 Å². The van der Waals surface area contributed by atoms with Gasteiger partial charge >= 0.3 is 0 Å². The molecule has 0 radical (unpaired) electrons. The molecule has 1 aliphatic rings. The number of amides is 1. The van der Waals surface area contributed by atoms with Crippen molar-refractivity contribution in [2.45, 2.75) is 52.6 Å². The Kier molecular flexibility index (Phi) is 9.43. The number of carbonyl (C=O) groups excluding carboxylic acids is 1. The number of hydrogen-bond acceptors (Lipinski definition) is 3. The third-order valence-corrected chi connectivity index (χ3v) is 3.97. The lowest BCUT2D eigenvalue weighted by atomic mass is 9.89. The first-order valence-electron chi connectivity index (χ1n) is 7.43. The fourth-order valence-corrected chi connectivity index (χ4v) is 2.54. The first-order chi connectivity index (χ1) is 8.93. The highest BCUT2D eigenvalue weighted by Crippen LogP contribution is 2.21. The summed E-state index contributed by atoms with van der Waals surface area (Å²) in [6, 6.07) is 0. The number of halogens is 1. The van der Waals surface area contributed by atoms with Crippen LogP contribution in [0.25, 0.3) is 0 Å². The van der Waals surface area contributed by atoms with Gasteiger partial charge < -0.3 is 15.4 Å². The van der Waals surface area contributed by atoms with Crippen molar-refractivity contribution in [2.75, 3.05) is 26.7 Å². The van der Waals surface area contributed by atoms with Gasteiger partial charge in [0.25, 0.3) is 0 Å². The Morgan fingerprint density at radius 1 is 1.35 bits per heavy atom. The first kappa shape index (κ1) is 19.7. The summed E-state index contributed by atoms with van der Waals surface area (Å²) in [5, 5.41) is 6.35. The summed E-state index contributed by atoms with van der Waals surface area (Å²) in [4.78, 5) is 11.9. The normalized spacial score (nSPS) is 18.2. The van der Waals surface area contributed by atoms with Gasteiger partial charge in [0, 0.05) is 20.1 Å². The van der Waals surface area contributed by atoms with Crippen LogP contribution in [0.3, 0.4) is 0 Å². The molecule has 0 saturated carbocycles. The molecule has 1 amide bonds. The zero-order chi connectivity index (χ0) is 14.3. The van der Waals surface area contributed by atoms with E-state index in [1.807, 2.05) is 0 Å². The molecule has 120 valence electrons. The van der Waals surface area contributed by atoms with E-state index in [1.165, 1.54) is 12.8 Å². The molecule has 0 aromatic rings. The highest BCUT2D eigenvalue weighted by Gasteiger charge is 2.24. The standard InChI is InChI=1S/C15H30N2O2.ClH/c1-15(2,3)13(19-4)11-17-14(18)6-5-12-7-9-16-10-8-12;/h12-13,16H,5-11H2,1-4H3,(H,17,18);1H. The molecule has 1 saturated heterocycles. The molecule has 4 nitrogen and oxygen atoms in total. The smallest absolute Gasteiger partial charge is 0.220 e. The third-order valence-electron chi connectivity index (χ3n) is 3.97. The number of rotatable bonds is 6. The summed E-state index contributed by atoms with van der Waals surface area (Å²) in [6.07, 6.45) is 4.13. The number of hydrogen-bond donors (Lipinski definition) is 2. The average molecular weight is 307 g/mol. The van der Waals surface area contributed by atoms with Crippen molar-refractivity contribution in [1.82, 2.24) is 10.6 Å². The molecule has 1 rings (SSSR count). The predicted octanol–water partition coefficient (Wildman–Crippen LogP) is 2.37. The van der Waals surface area contributed by atoms with Crippen LogP contribution in [0.2, 0.25) is 0 Å². The quantitative estimate of drug-likeness (QED) is 0.792. The van der Waals surface area contributed by atoms with E-state index in [9.17, 15) is 4.79 Å². The van der Waals surface area contributed by atoms with Crippen molar-refractivity contribution in [1.29, 1.82) is 0 Å². The van der Waals surface area contributed by atoms with Crippen LogP contribution in [0, 0.1) is 11.3 Å². The fourth-order valence-electron chi connectivity index (χ4n) is 2.54. The van der Waals surface area contributed by atoms with Gasteiger partial charge in [0.05, 0.1) is 6.10 Å². The van der Waals surface area contributed by atoms with Gasteiger partial charge in [-0.2, -0.15) is 0 Å². The van der Waals surface area contributed by atoms with Crippen molar-refractivity contribution >= 4 is 18.3 Å². The molecule has 0 aliphatic carbocycles. The van der Waals surface area contributed by atoms with Crippen LogP contribution in [0.1, 0.15) is 46.5 Å².